The molecule has 28 heavy (non-hydrogen) atoms. The van der Waals surface area contributed by atoms with Crippen molar-refractivity contribution < 1.29 is 9.53 Å². The lowest BCUT2D eigenvalue weighted by molar-refractivity contribution is -0.113. The van der Waals surface area contributed by atoms with Gasteiger partial charge in [0.05, 0.1) is 5.75 Å². The molecule has 146 valence electrons. The third kappa shape index (κ3) is 4.85. The zero-order valence-electron chi connectivity index (χ0n) is 15.8. The van der Waals surface area contributed by atoms with Crippen molar-refractivity contribution in [2.75, 3.05) is 11.1 Å². The second-order valence-electron chi connectivity index (χ2n) is 6.22. The summed E-state index contributed by atoms with van der Waals surface area (Å²) in [5, 5.41) is 12.5. The molecule has 0 unspecified atom stereocenters. The number of hydrogen-bond donors (Lipinski definition) is 1. The number of carbonyl (C=O) groups is 1. The summed E-state index contributed by atoms with van der Waals surface area (Å²) in [5.74, 6) is 1.54. The molecule has 0 aliphatic heterocycles. The zero-order chi connectivity index (χ0) is 20.1. The van der Waals surface area contributed by atoms with Crippen LogP contribution in [0.15, 0.2) is 53.7 Å². The maximum absolute atomic E-state index is 12.3. The number of aromatic nitrogens is 3. The molecule has 1 N–H and O–H groups in total. The third-order valence-electron chi connectivity index (χ3n) is 4.16. The van der Waals surface area contributed by atoms with Crippen molar-refractivity contribution in [3.63, 3.8) is 0 Å². The van der Waals surface area contributed by atoms with Crippen molar-refractivity contribution >= 4 is 35.0 Å². The number of carbonyl (C=O) groups excluding carboxylic acids is 1. The number of benzene rings is 2. The van der Waals surface area contributed by atoms with Crippen LogP contribution in [0.1, 0.15) is 24.4 Å². The molecule has 2 aromatic carbocycles. The van der Waals surface area contributed by atoms with Gasteiger partial charge in [0.1, 0.15) is 5.75 Å². The maximum atomic E-state index is 12.3. The fourth-order valence-corrected chi connectivity index (χ4v) is 3.51. The first-order chi connectivity index (χ1) is 13.5. The van der Waals surface area contributed by atoms with Gasteiger partial charge in [-0.3, -0.25) is 4.79 Å². The Kier molecular flexibility index (Phi) is 6.59. The molecule has 0 saturated heterocycles. The summed E-state index contributed by atoms with van der Waals surface area (Å²) >= 11 is 7.41. The molecule has 0 fully saturated rings. The standard InChI is InChI=1S/C20H21ClN4O2S/c1-13-16(21)10-7-11-17(13)22-18(26)12-28-20-24-23-19(25(20)3)14(2)27-15-8-5-4-6-9-15/h4-11,14H,12H2,1-3H3,(H,22,26)/t14-/m0/s1. The van der Waals surface area contributed by atoms with Gasteiger partial charge in [-0.1, -0.05) is 47.6 Å². The van der Waals surface area contributed by atoms with Crippen LogP contribution in [0.4, 0.5) is 5.69 Å². The Balaban J connectivity index is 1.59. The number of thioether (sulfide) groups is 1. The van der Waals surface area contributed by atoms with Crippen LogP contribution in [-0.2, 0) is 11.8 Å². The Morgan fingerprint density at radius 1 is 1.21 bits per heavy atom. The SMILES string of the molecule is Cc1c(Cl)cccc1NC(=O)CSc1nnc([C@H](C)Oc2ccccc2)n1C. The van der Waals surface area contributed by atoms with Crippen molar-refractivity contribution in [1.82, 2.24) is 14.8 Å². The predicted octanol–water partition coefficient (Wildman–Crippen LogP) is 4.65. The van der Waals surface area contributed by atoms with Gasteiger partial charge in [-0.25, -0.2) is 0 Å². The maximum Gasteiger partial charge on any atom is 0.234 e. The van der Waals surface area contributed by atoms with E-state index in [1.807, 2.05) is 61.9 Å². The van der Waals surface area contributed by atoms with E-state index in [0.29, 0.717) is 21.7 Å². The Labute approximate surface area is 173 Å². The highest BCUT2D eigenvalue weighted by molar-refractivity contribution is 7.99. The summed E-state index contributed by atoms with van der Waals surface area (Å²) in [6, 6.07) is 15.0. The monoisotopic (exact) mass is 416 g/mol. The lowest BCUT2D eigenvalue weighted by atomic mass is 10.2. The number of ether oxygens (including phenoxy) is 1. The molecule has 3 aromatic rings. The van der Waals surface area contributed by atoms with Gasteiger partial charge in [-0.2, -0.15) is 0 Å². The van der Waals surface area contributed by atoms with Crippen molar-refractivity contribution in [3.8, 4) is 5.75 Å². The van der Waals surface area contributed by atoms with E-state index in [1.165, 1.54) is 11.8 Å². The predicted molar refractivity (Wildman–Crippen MR) is 112 cm³/mol. The molecule has 3 rings (SSSR count). The molecule has 6 nitrogen and oxygen atoms in total. The number of nitrogens with one attached hydrogen (secondary N) is 1. The van der Waals surface area contributed by atoms with E-state index in [2.05, 4.69) is 15.5 Å². The average Bonchev–Trinajstić information content (AvgIpc) is 3.05. The van der Waals surface area contributed by atoms with Gasteiger partial charge >= 0.3 is 0 Å². The van der Waals surface area contributed by atoms with E-state index < -0.39 is 0 Å². The number of halogens is 1. The molecule has 0 saturated carbocycles. The second-order valence-corrected chi connectivity index (χ2v) is 7.57. The highest BCUT2D eigenvalue weighted by Gasteiger charge is 2.18. The van der Waals surface area contributed by atoms with Crippen molar-refractivity contribution in [2.24, 2.45) is 7.05 Å². The summed E-state index contributed by atoms with van der Waals surface area (Å²) in [6.45, 7) is 3.79. The summed E-state index contributed by atoms with van der Waals surface area (Å²) in [6.07, 6.45) is -0.266. The first-order valence-electron chi connectivity index (χ1n) is 8.74. The molecule has 1 heterocycles. The highest BCUT2D eigenvalue weighted by atomic mass is 35.5. The average molecular weight is 417 g/mol. The molecular formula is C20H21ClN4O2S. The van der Waals surface area contributed by atoms with E-state index in [1.54, 1.807) is 12.1 Å². The normalized spacial score (nSPS) is 11.9. The number of anilines is 1. The zero-order valence-corrected chi connectivity index (χ0v) is 17.4. The van der Waals surface area contributed by atoms with E-state index >= 15 is 0 Å². The van der Waals surface area contributed by atoms with Crippen LogP contribution < -0.4 is 10.1 Å². The summed E-state index contributed by atoms with van der Waals surface area (Å²) < 4.78 is 7.74. The molecule has 0 spiro atoms. The van der Waals surface area contributed by atoms with Crippen LogP contribution in [0.5, 0.6) is 5.75 Å². The van der Waals surface area contributed by atoms with Crippen molar-refractivity contribution in [1.29, 1.82) is 0 Å². The smallest absolute Gasteiger partial charge is 0.234 e. The van der Waals surface area contributed by atoms with E-state index in [9.17, 15) is 4.79 Å². The van der Waals surface area contributed by atoms with Crippen LogP contribution in [0, 0.1) is 6.92 Å². The largest absolute Gasteiger partial charge is 0.483 e. The fraction of sp³-hybridized carbons (Fsp3) is 0.250. The molecule has 1 aromatic heterocycles. The van der Waals surface area contributed by atoms with Crippen molar-refractivity contribution in [3.05, 3.63) is 64.9 Å². The van der Waals surface area contributed by atoms with Gasteiger partial charge in [-0.05, 0) is 43.7 Å². The van der Waals surface area contributed by atoms with Gasteiger partial charge in [0.25, 0.3) is 0 Å². The minimum Gasteiger partial charge on any atom is -0.483 e. The molecular weight excluding hydrogens is 396 g/mol. The summed E-state index contributed by atoms with van der Waals surface area (Å²) in [7, 11) is 1.86. The molecule has 1 amide bonds. The van der Waals surface area contributed by atoms with Gasteiger partial charge < -0.3 is 14.6 Å². The first kappa shape index (κ1) is 20.2. The van der Waals surface area contributed by atoms with Gasteiger partial charge in [-0.15, -0.1) is 10.2 Å². The lowest BCUT2D eigenvalue weighted by Gasteiger charge is -2.14. The first-order valence-corrected chi connectivity index (χ1v) is 10.1. The van der Waals surface area contributed by atoms with E-state index in [4.69, 9.17) is 16.3 Å². The number of rotatable bonds is 7. The Morgan fingerprint density at radius 3 is 2.71 bits per heavy atom. The van der Waals surface area contributed by atoms with E-state index in [0.717, 1.165) is 11.3 Å². The molecule has 8 heteroatoms. The Hall–Kier alpha value is -2.51. The topological polar surface area (TPSA) is 69.0 Å². The quantitative estimate of drug-likeness (QED) is 0.568. The molecule has 0 aliphatic carbocycles. The van der Waals surface area contributed by atoms with Gasteiger partial charge in [0.2, 0.25) is 5.91 Å². The van der Waals surface area contributed by atoms with Crippen molar-refractivity contribution in [2.45, 2.75) is 25.1 Å². The van der Waals surface area contributed by atoms with Gasteiger partial charge in [0, 0.05) is 17.8 Å². The summed E-state index contributed by atoms with van der Waals surface area (Å²) in [4.78, 5) is 12.3. The minimum absolute atomic E-state index is 0.131. The van der Waals surface area contributed by atoms with Crippen LogP contribution in [0.3, 0.4) is 0 Å². The van der Waals surface area contributed by atoms with Crippen LogP contribution in [-0.4, -0.2) is 26.4 Å². The lowest BCUT2D eigenvalue weighted by Crippen LogP contribution is -2.15. The van der Waals surface area contributed by atoms with Crippen LogP contribution >= 0.6 is 23.4 Å². The van der Waals surface area contributed by atoms with Crippen LogP contribution in [0.25, 0.3) is 0 Å². The number of amides is 1. The van der Waals surface area contributed by atoms with E-state index in [-0.39, 0.29) is 17.8 Å². The Morgan fingerprint density at radius 2 is 1.96 bits per heavy atom. The molecule has 0 bridgehead atoms. The number of para-hydroxylation sites is 1. The molecule has 1 atom stereocenters. The second kappa shape index (κ2) is 9.12. The number of nitrogens with zero attached hydrogens (tertiary/aromatic N) is 3. The highest BCUT2D eigenvalue weighted by Crippen LogP contribution is 2.25. The molecule has 0 radical (unpaired) electrons. The fourth-order valence-electron chi connectivity index (χ4n) is 2.62. The van der Waals surface area contributed by atoms with Gasteiger partial charge in [0.15, 0.2) is 17.1 Å². The molecule has 0 aliphatic rings. The summed E-state index contributed by atoms with van der Waals surface area (Å²) in [5.41, 5.74) is 1.55. The minimum atomic E-state index is -0.266. The Bertz CT molecular complexity index is 962. The number of hydrogen-bond acceptors (Lipinski definition) is 5. The third-order valence-corrected chi connectivity index (χ3v) is 5.59. The van der Waals surface area contributed by atoms with Crippen LogP contribution in [0.2, 0.25) is 5.02 Å².